The van der Waals surface area contributed by atoms with Crippen molar-refractivity contribution in [2.24, 2.45) is 5.73 Å². The molecule has 2 aromatic heterocycles. The average molecular weight is 333 g/mol. The maximum absolute atomic E-state index is 12.3. The zero-order valence-corrected chi connectivity index (χ0v) is 12.8. The summed E-state index contributed by atoms with van der Waals surface area (Å²) in [5, 5.41) is 9.80. The van der Waals surface area contributed by atoms with Gasteiger partial charge in [0.15, 0.2) is 4.21 Å². The minimum absolute atomic E-state index is 0.121. The summed E-state index contributed by atoms with van der Waals surface area (Å²) < 4.78 is 27.2. The molecule has 4 N–H and O–H groups in total. The van der Waals surface area contributed by atoms with Crippen molar-refractivity contribution in [2.75, 3.05) is 4.72 Å². The van der Waals surface area contributed by atoms with Gasteiger partial charge in [0.25, 0.3) is 10.0 Å². The summed E-state index contributed by atoms with van der Waals surface area (Å²) in [7, 11) is -3.71. The van der Waals surface area contributed by atoms with E-state index >= 15 is 0 Å². The van der Waals surface area contributed by atoms with Crippen LogP contribution in [0.2, 0.25) is 0 Å². The first-order chi connectivity index (χ1) is 10.6. The number of thiazole rings is 1. The third-order valence-corrected chi connectivity index (χ3v) is 5.82. The van der Waals surface area contributed by atoms with Gasteiger partial charge in [-0.05, 0) is 11.6 Å². The van der Waals surface area contributed by atoms with Gasteiger partial charge >= 0.3 is 0 Å². The van der Waals surface area contributed by atoms with E-state index < -0.39 is 10.0 Å². The average Bonchev–Trinajstić information content (AvgIpc) is 3.17. The van der Waals surface area contributed by atoms with Crippen molar-refractivity contribution < 1.29 is 8.42 Å². The molecular weight excluding hydrogens is 322 g/mol. The lowest BCUT2D eigenvalue weighted by Gasteiger charge is -2.09. The number of anilines is 1. The number of aromatic amines is 1. The molecule has 2 heterocycles. The highest BCUT2D eigenvalue weighted by atomic mass is 32.2. The highest BCUT2D eigenvalue weighted by molar-refractivity contribution is 7.94. The van der Waals surface area contributed by atoms with Gasteiger partial charge in [-0.3, -0.25) is 9.71 Å². The largest absolute Gasteiger partial charge is 0.358 e. The Kier molecular flexibility index (Phi) is 3.58. The topological polar surface area (TPSA) is 125 Å². The maximum atomic E-state index is 12.3. The predicted molar refractivity (Wildman–Crippen MR) is 83.8 cm³/mol. The van der Waals surface area contributed by atoms with Crippen molar-refractivity contribution in [3.05, 3.63) is 41.2 Å². The van der Waals surface area contributed by atoms with Crippen LogP contribution in [0.25, 0.3) is 10.9 Å². The molecule has 7 nitrogen and oxygen atoms in total. The molecule has 0 aliphatic heterocycles. The molecule has 3 rings (SSSR count). The van der Waals surface area contributed by atoms with Crippen molar-refractivity contribution in [3.8, 4) is 6.07 Å². The van der Waals surface area contributed by atoms with Crippen LogP contribution in [0, 0.1) is 11.3 Å². The third-order valence-electron chi connectivity index (χ3n) is 3.18. The van der Waals surface area contributed by atoms with Gasteiger partial charge in [0.05, 0.1) is 28.5 Å². The van der Waals surface area contributed by atoms with Crippen LogP contribution in [0.3, 0.4) is 0 Å². The molecule has 0 fully saturated rings. The number of nitrogens with one attached hydrogen (secondary N) is 2. The maximum Gasteiger partial charge on any atom is 0.273 e. The van der Waals surface area contributed by atoms with Crippen LogP contribution in [0.5, 0.6) is 0 Å². The first-order valence-electron chi connectivity index (χ1n) is 6.21. The second-order valence-electron chi connectivity index (χ2n) is 4.47. The first-order valence-corrected chi connectivity index (χ1v) is 8.57. The second kappa shape index (κ2) is 5.42. The first kappa shape index (κ1) is 14.5. The van der Waals surface area contributed by atoms with E-state index in [1.807, 2.05) is 0 Å². The molecular formula is C13H11N5O2S2. The molecule has 0 bridgehead atoms. The van der Waals surface area contributed by atoms with E-state index in [4.69, 9.17) is 11.0 Å². The fourth-order valence-corrected chi connectivity index (χ4v) is 4.06. The quantitative estimate of drug-likeness (QED) is 0.671. The number of hydrogen-bond donors (Lipinski definition) is 3. The summed E-state index contributed by atoms with van der Waals surface area (Å²) in [4.78, 5) is 6.70. The fourth-order valence-electron chi connectivity index (χ4n) is 2.20. The van der Waals surface area contributed by atoms with Gasteiger partial charge < -0.3 is 10.7 Å². The molecule has 9 heteroatoms. The van der Waals surface area contributed by atoms with E-state index in [0.717, 1.165) is 16.9 Å². The standard InChI is InChI=1S/C13H11N5O2S2/c14-3-8-1-2-10(13-12(8)9(4-15)5-17-13)18-22(19,20)11-6-16-7-21-11/h1-2,5-7,17-18H,3,14H2. The van der Waals surface area contributed by atoms with Crippen LogP contribution in [-0.2, 0) is 16.6 Å². The zero-order chi connectivity index (χ0) is 15.7. The Hall–Kier alpha value is -2.41. The number of fused-ring (bicyclic) bond motifs is 1. The molecule has 22 heavy (non-hydrogen) atoms. The van der Waals surface area contributed by atoms with E-state index in [-0.39, 0.29) is 10.8 Å². The Balaban J connectivity index is 2.14. The highest BCUT2D eigenvalue weighted by Crippen LogP contribution is 2.30. The van der Waals surface area contributed by atoms with Gasteiger partial charge in [-0.25, -0.2) is 8.42 Å². The smallest absolute Gasteiger partial charge is 0.273 e. The van der Waals surface area contributed by atoms with E-state index in [2.05, 4.69) is 20.8 Å². The second-order valence-corrected chi connectivity index (χ2v) is 7.26. The monoisotopic (exact) mass is 333 g/mol. The molecule has 0 aliphatic carbocycles. The summed E-state index contributed by atoms with van der Waals surface area (Å²) in [6.07, 6.45) is 2.82. The molecule has 0 radical (unpaired) electrons. The van der Waals surface area contributed by atoms with Gasteiger partial charge in [0.2, 0.25) is 0 Å². The molecule has 0 spiro atoms. The van der Waals surface area contributed by atoms with Gasteiger partial charge in [-0.1, -0.05) is 6.07 Å². The highest BCUT2D eigenvalue weighted by Gasteiger charge is 2.19. The zero-order valence-electron chi connectivity index (χ0n) is 11.2. The van der Waals surface area contributed by atoms with Crippen molar-refractivity contribution in [1.29, 1.82) is 5.26 Å². The van der Waals surface area contributed by atoms with Crippen molar-refractivity contribution in [1.82, 2.24) is 9.97 Å². The number of sulfonamides is 1. The summed E-state index contributed by atoms with van der Waals surface area (Å²) in [5.74, 6) is 0. The number of nitrogens with zero attached hydrogens (tertiary/aromatic N) is 2. The van der Waals surface area contributed by atoms with Crippen LogP contribution >= 0.6 is 11.3 Å². The van der Waals surface area contributed by atoms with E-state index in [9.17, 15) is 8.42 Å². The predicted octanol–water partition coefficient (Wildman–Crippen LogP) is 1.76. The Bertz CT molecular complexity index is 968. The number of rotatable bonds is 4. The number of nitrogens with two attached hydrogens (primary N) is 1. The van der Waals surface area contributed by atoms with Crippen molar-refractivity contribution >= 4 is 38.0 Å². The normalized spacial score (nSPS) is 11.5. The Morgan fingerprint density at radius 1 is 1.45 bits per heavy atom. The Morgan fingerprint density at radius 2 is 2.27 bits per heavy atom. The number of H-pyrrole nitrogens is 1. The van der Waals surface area contributed by atoms with Gasteiger partial charge in [0.1, 0.15) is 6.07 Å². The van der Waals surface area contributed by atoms with Gasteiger partial charge in [-0.15, -0.1) is 11.3 Å². The number of nitriles is 1. The van der Waals surface area contributed by atoms with Gasteiger partial charge in [0, 0.05) is 18.1 Å². The molecule has 0 unspecified atom stereocenters. The number of aromatic nitrogens is 2. The summed E-state index contributed by atoms with van der Waals surface area (Å²) in [6.45, 7) is 0.255. The molecule has 112 valence electrons. The van der Waals surface area contributed by atoms with E-state index in [1.165, 1.54) is 17.9 Å². The minimum atomic E-state index is -3.71. The van der Waals surface area contributed by atoms with Gasteiger partial charge in [-0.2, -0.15) is 5.26 Å². The van der Waals surface area contributed by atoms with Crippen LogP contribution in [0.4, 0.5) is 5.69 Å². The summed E-state index contributed by atoms with van der Waals surface area (Å²) in [5.41, 5.74) is 9.23. The SMILES string of the molecule is N#Cc1c[nH]c2c(NS(=O)(=O)c3cncs3)ccc(CN)c12. The molecule has 0 saturated heterocycles. The van der Waals surface area contributed by atoms with E-state index in [0.29, 0.717) is 22.2 Å². The molecule has 0 atom stereocenters. The van der Waals surface area contributed by atoms with Crippen LogP contribution in [0.15, 0.2) is 34.2 Å². The lowest BCUT2D eigenvalue weighted by molar-refractivity contribution is 0.603. The minimum Gasteiger partial charge on any atom is -0.358 e. The number of benzene rings is 1. The molecule has 0 saturated carbocycles. The van der Waals surface area contributed by atoms with Crippen LogP contribution in [0.1, 0.15) is 11.1 Å². The molecule has 3 aromatic rings. The van der Waals surface area contributed by atoms with E-state index in [1.54, 1.807) is 12.1 Å². The molecule has 0 aliphatic rings. The Labute approximate surface area is 130 Å². The van der Waals surface area contributed by atoms with Crippen molar-refractivity contribution in [2.45, 2.75) is 10.8 Å². The van der Waals surface area contributed by atoms with Crippen molar-refractivity contribution in [3.63, 3.8) is 0 Å². The Morgan fingerprint density at radius 3 is 2.91 bits per heavy atom. The molecule has 1 aromatic carbocycles. The van der Waals surface area contributed by atoms with Crippen LogP contribution < -0.4 is 10.5 Å². The summed E-state index contributed by atoms with van der Waals surface area (Å²) in [6, 6.07) is 5.41. The molecule has 0 amide bonds. The lowest BCUT2D eigenvalue weighted by Crippen LogP contribution is -2.12. The summed E-state index contributed by atoms with van der Waals surface area (Å²) >= 11 is 1.03. The lowest BCUT2D eigenvalue weighted by atomic mass is 10.1. The number of hydrogen-bond acceptors (Lipinski definition) is 6. The van der Waals surface area contributed by atoms with Crippen LogP contribution in [-0.4, -0.2) is 18.4 Å². The fraction of sp³-hybridized carbons (Fsp3) is 0.0769. The third kappa shape index (κ3) is 2.33.